The zero-order valence-corrected chi connectivity index (χ0v) is 14.9. The topological polar surface area (TPSA) is 102 Å². The Hall–Kier alpha value is -3.68. The summed E-state index contributed by atoms with van der Waals surface area (Å²) in [5, 5.41) is 4.77. The smallest absolute Gasteiger partial charge is 0.290 e. The van der Waals surface area contributed by atoms with E-state index in [2.05, 4.69) is 16.0 Å². The van der Waals surface area contributed by atoms with Crippen molar-refractivity contribution >= 4 is 22.6 Å². The fourth-order valence-electron chi connectivity index (χ4n) is 2.55. The summed E-state index contributed by atoms with van der Waals surface area (Å²) in [5.74, 6) is -0.573. The van der Waals surface area contributed by atoms with E-state index in [1.165, 1.54) is 7.05 Å². The summed E-state index contributed by atoms with van der Waals surface area (Å²) in [6.45, 7) is 1.61. The second kappa shape index (κ2) is 7.69. The normalized spacial score (nSPS) is 10.4. The van der Waals surface area contributed by atoms with Gasteiger partial charge in [0, 0.05) is 12.4 Å². The van der Waals surface area contributed by atoms with Gasteiger partial charge >= 0.3 is 0 Å². The van der Waals surface area contributed by atoms with Crippen molar-refractivity contribution in [2.24, 2.45) is 7.05 Å². The van der Waals surface area contributed by atoms with E-state index in [-0.39, 0.29) is 17.9 Å². The van der Waals surface area contributed by atoms with Gasteiger partial charge in [-0.15, -0.1) is 0 Å². The first-order chi connectivity index (χ1) is 13.0. The fraction of sp³-hybridized carbons (Fsp3) is 0.158. The summed E-state index contributed by atoms with van der Waals surface area (Å²) in [4.78, 5) is 36.4. The van der Waals surface area contributed by atoms with E-state index in [1.54, 1.807) is 36.4 Å². The van der Waals surface area contributed by atoms with Gasteiger partial charge in [0.2, 0.25) is 0 Å². The number of benzene rings is 2. The number of aromatic nitrogens is 2. The third kappa shape index (κ3) is 3.95. The maximum atomic E-state index is 12.4. The van der Waals surface area contributed by atoms with Gasteiger partial charge in [0.05, 0.1) is 5.39 Å². The zero-order chi connectivity index (χ0) is 19.4. The number of rotatable bonds is 4. The Balaban J connectivity index is 1.67. The first-order valence-electron chi connectivity index (χ1n) is 8.21. The van der Waals surface area contributed by atoms with Crippen LogP contribution in [0.5, 0.6) is 5.75 Å². The number of fused-ring (bicyclic) bond motifs is 1. The van der Waals surface area contributed by atoms with Gasteiger partial charge in [-0.05, 0) is 24.6 Å². The number of carbonyl (C=O) groups is 2. The van der Waals surface area contributed by atoms with Crippen molar-refractivity contribution in [1.29, 1.82) is 0 Å². The van der Waals surface area contributed by atoms with Crippen molar-refractivity contribution in [2.45, 2.75) is 6.92 Å². The van der Waals surface area contributed by atoms with Crippen molar-refractivity contribution in [3.63, 3.8) is 0 Å². The molecule has 8 nitrogen and oxygen atoms in total. The molecule has 3 aromatic rings. The minimum atomic E-state index is -0.633. The van der Waals surface area contributed by atoms with E-state index in [1.807, 2.05) is 19.1 Å². The van der Waals surface area contributed by atoms with Crippen molar-refractivity contribution in [1.82, 2.24) is 20.6 Å². The predicted molar refractivity (Wildman–Crippen MR) is 99.3 cm³/mol. The molecule has 0 aliphatic heterocycles. The van der Waals surface area contributed by atoms with Gasteiger partial charge in [-0.2, -0.15) is 5.10 Å². The van der Waals surface area contributed by atoms with E-state index in [0.717, 1.165) is 10.2 Å². The Morgan fingerprint density at radius 2 is 1.70 bits per heavy atom. The van der Waals surface area contributed by atoms with Crippen LogP contribution >= 0.6 is 0 Å². The molecule has 1 heterocycles. The van der Waals surface area contributed by atoms with Crippen LogP contribution in [0.1, 0.15) is 16.1 Å². The van der Waals surface area contributed by atoms with Crippen LogP contribution in [0.15, 0.2) is 53.3 Å². The molecule has 0 aliphatic carbocycles. The molecule has 0 bridgehead atoms. The van der Waals surface area contributed by atoms with Gasteiger partial charge in [-0.25, -0.2) is 4.68 Å². The fourth-order valence-corrected chi connectivity index (χ4v) is 2.55. The summed E-state index contributed by atoms with van der Waals surface area (Å²) < 4.78 is 6.50. The number of ether oxygens (including phenoxy) is 1. The third-order valence-corrected chi connectivity index (χ3v) is 3.94. The maximum absolute atomic E-state index is 12.4. The molecule has 2 aromatic carbocycles. The number of amides is 2. The van der Waals surface area contributed by atoms with Gasteiger partial charge < -0.3 is 4.74 Å². The molecule has 0 saturated heterocycles. The van der Waals surface area contributed by atoms with Gasteiger partial charge in [-0.1, -0.05) is 36.4 Å². The SMILES string of the molecule is Cc1ccccc1OCC(=O)NNC(=O)c1nn(C)c(=O)c2ccccc12. The van der Waals surface area contributed by atoms with Crippen molar-refractivity contribution in [3.05, 3.63) is 70.1 Å². The standard InChI is InChI=1S/C19H18N4O4/c1-12-7-3-6-10-15(12)27-11-16(24)20-21-18(25)17-13-8-4-5-9-14(13)19(26)23(2)22-17/h3-10H,11H2,1-2H3,(H,20,24)(H,21,25). The lowest BCUT2D eigenvalue weighted by atomic mass is 10.1. The Morgan fingerprint density at radius 1 is 1.04 bits per heavy atom. The number of para-hydroxylation sites is 1. The van der Waals surface area contributed by atoms with E-state index in [0.29, 0.717) is 16.5 Å². The molecule has 0 unspecified atom stereocenters. The van der Waals surface area contributed by atoms with Gasteiger partial charge in [0.1, 0.15) is 5.75 Å². The molecular formula is C19H18N4O4. The Bertz CT molecular complexity index is 1070. The van der Waals surface area contributed by atoms with Crippen LogP contribution in [0.25, 0.3) is 10.8 Å². The molecule has 0 aliphatic rings. The molecule has 138 valence electrons. The summed E-state index contributed by atoms with van der Waals surface area (Å²) in [5.41, 5.74) is 5.20. The predicted octanol–water partition coefficient (Wildman–Crippen LogP) is 1.08. The number of nitrogens with one attached hydrogen (secondary N) is 2. The average Bonchev–Trinajstić information content (AvgIpc) is 2.68. The number of nitrogens with zero attached hydrogens (tertiary/aromatic N) is 2. The number of carbonyl (C=O) groups excluding carboxylic acids is 2. The van der Waals surface area contributed by atoms with Gasteiger partial charge in [0.25, 0.3) is 17.4 Å². The molecule has 2 N–H and O–H groups in total. The van der Waals surface area contributed by atoms with Gasteiger partial charge in [0.15, 0.2) is 12.3 Å². The Kier molecular flexibility index (Phi) is 5.16. The molecule has 1 aromatic heterocycles. The lowest BCUT2D eigenvalue weighted by Gasteiger charge is -2.11. The Morgan fingerprint density at radius 3 is 2.44 bits per heavy atom. The van der Waals surface area contributed by atoms with E-state index < -0.39 is 11.8 Å². The van der Waals surface area contributed by atoms with Crippen LogP contribution in [-0.2, 0) is 11.8 Å². The summed E-state index contributed by atoms with van der Waals surface area (Å²) in [6.07, 6.45) is 0. The van der Waals surface area contributed by atoms with Crippen LogP contribution in [0, 0.1) is 6.92 Å². The molecule has 0 saturated carbocycles. The number of hydrogen-bond acceptors (Lipinski definition) is 5. The molecule has 2 amide bonds. The highest BCUT2D eigenvalue weighted by Gasteiger charge is 2.16. The second-order valence-electron chi connectivity index (χ2n) is 5.88. The molecule has 0 radical (unpaired) electrons. The van der Waals surface area contributed by atoms with Gasteiger partial charge in [-0.3, -0.25) is 25.2 Å². The van der Waals surface area contributed by atoms with Crippen LogP contribution in [0.2, 0.25) is 0 Å². The van der Waals surface area contributed by atoms with Crippen LogP contribution in [-0.4, -0.2) is 28.2 Å². The minimum absolute atomic E-state index is 0.0350. The van der Waals surface area contributed by atoms with Crippen molar-refractivity contribution < 1.29 is 14.3 Å². The number of aryl methyl sites for hydroxylation is 2. The number of hydrogen-bond donors (Lipinski definition) is 2. The summed E-state index contributed by atoms with van der Waals surface area (Å²) in [6, 6.07) is 13.9. The highest BCUT2D eigenvalue weighted by atomic mass is 16.5. The minimum Gasteiger partial charge on any atom is -0.483 e. The Labute approximate surface area is 154 Å². The van der Waals surface area contributed by atoms with Crippen LogP contribution < -0.4 is 21.1 Å². The maximum Gasteiger partial charge on any atom is 0.290 e. The molecule has 27 heavy (non-hydrogen) atoms. The molecule has 0 atom stereocenters. The van der Waals surface area contributed by atoms with E-state index in [4.69, 9.17) is 4.74 Å². The highest BCUT2D eigenvalue weighted by molar-refractivity contribution is 6.05. The second-order valence-corrected chi connectivity index (χ2v) is 5.88. The lowest BCUT2D eigenvalue weighted by Crippen LogP contribution is -2.44. The monoisotopic (exact) mass is 366 g/mol. The average molecular weight is 366 g/mol. The zero-order valence-electron chi connectivity index (χ0n) is 14.9. The molecule has 0 spiro atoms. The van der Waals surface area contributed by atoms with Crippen molar-refractivity contribution in [3.8, 4) is 5.75 Å². The first kappa shape index (κ1) is 18.1. The molecule has 3 rings (SSSR count). The number of hydrazine groups is 1. The van der Waals surface area contributed by atoms with E-state index >= 15 is 0 Å². The summed E-state index contributed by atoms with van der Waals surface area (Å²) in [7, 11) is 1.46. The lowest BCUT2D eigenvalue weighted by molar-refractivity contribution is -0.123. The molecule has 0 fully saturated rings. The molecule has 8 heteroatoms. The van der Waals surface area contributed by atoms with Crippen LogP contribution in [0.4, 0.5) is 0 Å². The quantitative estimate of drug-likeness (QED) is 0.673. The first-order valence-corrected chi connectivity index (χ1v) is 8.21. The van der Waals surface area contributed by atoms with Crippen LogP contribution in [0.3, 0.4) is 0 Å². The third-order valence-electron chi connectivity index (χ3n) is 3.94. The largest absolute Gasteiger partial charge is 0.483 e. The van der Waals surface area contributed by atoms with E-state index in [9.17, 15) is 14.4 Å². The highest BCUT2D eigenvalue weighted by Crippen LogP contribution is 2.15. The molecular weight excluding hydrogens is 348 g/mol. The van der Waals surface area contributed by atoms with Crippen molar-refractivity contribution in [2.75, 3.05) is 6.61 Å². The summed E-state index contributed by atoms with van der Waals surface area (Å²) >= 11 is 0.